The van der Waals surface area contributed by atoms with Crippen LogP contribution in [0.2, 0.25) is 0 Å². The minimum Gasteiger partial charge on any atom is -0.455 e. The highest BCUT2D eigenvalue weighted by Gasteiger charge is 2.09. The normalized spacial score (nSPS) is 10.7. The Balaban J connectivity index is 2.11. The molecule has 20 heavy (non-hydrogen) atoms. The van der Waals surface area contributed by atoms with Gasteiger partial charge in [-0.2, -0.15) is 0 Å². The van der Waals surface area contributed by atoms with E-state index in [0.29, 0.717) is 11.4 Å². The Kier molecular flexibility index (Phi) is 3.32. The zero-order chi connectivity index (χ0) is 14.1. The van der Waals surface area contributed by atoms with Crippen molar-refractivity contribution < 1.29 is 4.74 Å². The molecule has 1 aromatic heterocycles. The maximum absolute atomic E-state index is 6.01. The molecule has 0 aliphatic carbocycles. The predicted molar refractivity (Wildman–Crippen MR) is 85.1 cm³/mol. The minimum atomic E-state index is 0.700. The Bertz CT molecular complexity index is 787. The van der Waals surface area contributed by atoms with Gasteiger partial charge in [0.05, 0.1) is 0 Å². The average molecular weight is 329 g/mol. The molecule has 0 aliphatic heterocycles. The summed E-state index contributed by atoms with van der Waals surface area (Å²) in [5.41, 5.74) is 8.50. The first-order valence-corrected chi connectivity index (χ1v) is 7.01. The number of ether oxygens (including phenoxy) is 1. The molecule has 3 aromatic rings. The quantitative estimate of drug-likeness (QED) is 0.695. The van der Waals surface area contributed by atoms with Gasteiger partial charge in [0.25, 0.3) is 0 Å². The second kappa shape index (κ2) is 5.13. The zero-order valence-electron chi connectivity index (χ0n) is 10.9. The first-order valence-electron chi connectivity index (χ1n) is 6.22. The molecule has 0 aliphatic rings. The summed E-state index contributed by atoms with van der Waals surface area (Å²) in [5.74, 6) is 1.51. The van der Waals surface area contributed by atoms with Crippen LogP contribution in [-0.2, 0) is 0 Å². The number of pyridine rings is 1. The van der Waals surface area contributed by atoms with E-state index < -0.39 is 0 Å². The third-order valence-corrected chi connectivity index (χ3v) is 3.63. The van der Waals surface area contributed by atoms with Crippen molar-refractivity contribution in [2.24, 2.45) is 0 Å². The van der Waals surface area contributed by atoms with Crippen molar-refractivity contribution in [2.75, 3.05) is 5.73 Å². The van der Waals surface area contributed by atoms with Crippen LogP contribution in [-0.4, -0.2) is 4.98 Å². The van der Waals surface area contributed by atoms with Crippen LogP contribution >= 0.6 is 15.9 Å². The summed E-state index contributed by atoms with van der Waals surface area (Å²) in [4.78, 5) is 4.37. The number of fused-ring (bicyclic) bond motifs is 1. The van der Waals surface area contributed by atoms with Crippen LogP contribution in [0.25, 0.3) is 10.9 Å². The van der Waals surface area contributed by atoms with Gasteiger partial charge in [-0.1, -0.05) is 22.0 Å². The summed E-state index contributed by atoms with van der Waals surface area (Å²) in [6.07, 6.45) is 1.74. The van der Waals surface area contributed by atoms with Gasteiger partial charge in [-0.25, -0.2) is 0 Å². The minimum absolute atomic E-state index is 0.700. The standard InChI is InChI=1S/C16H13BrN2O/c1-10-4-5-11(17)9-15(10)20-14-7-6-13(18)12-3-2-8-19-16(12)14/h2-9H,18H2,1H3. The summed E-state index contributed by atoms with van der Waals surface area (Å²) in [6, 6.07) is 13.4. The molecule has 0 saturated heterocycles. The number of benzene rings is 2. The Morgan fingerprint density at radius 3 is 2.80 bits per heavy atom. The fraction of sp³-hybridized carbons (Fsp3) is 0.0625. The van der Waals surface area contributed by atoms with Crippen LogP contribution in [0.1, 0.15) is 5.56 Å². The smallest absolute Gasteiger partial charge is 0.153 e. The van der Waals surface area contributed by atoms with Crippen molar-refractivity contribution in [1.29, 1.82) is 0 Å². The van der Waals surface area contributed by atoms with Gasteiger partial charge >= 0.3 is 0 Å². The molecular formula is C16H13BrN2O. The molecule has 0 atom stereocenters. The van der Waals surface area contributed by atoms with Gasteiger partial charge in [0.1, 0.15) is 11.3 Å². The SMILES string of the molecule is Cc1ccc(Br)cc1Oc1ccc(N)c2cccnc12. The van der Waals surface area contributed by atoms with Gasteiger partial charge in [0, 0.05) is 21.7 Å². The number of nitrogens with two attached hydrogens (primary N) is 1. The topological polar surface area (TPSA) is 48.1 Å². The number of aromatic nitrogens is 1. The van der Waals surface area contributed by atoms with E-state index in [9.17, 15) is 0 Å². The van der Waals surface area contributed by atoms with Gasteiger partial charge < -0.3 is 10.5 Å². The monoisotopic (exact) mass is 328 g/mol. The van der Waals surface area contributed by atoms with E-state index in [-0.39, 0.29) is 0 Å². The second-order valence-electron chi connectivity index (χ2n) is 4.56. The van der Waals surface area contributed by atoms with E-state index in [1.165, 1.54) is 0 Å². The molecule has 0 unspecified atom stereocenters. The second-order valence-corrected chi connectivity index (χ2v) is 5.48. The van der Waals surface area contributed by atoms with Crippen LogP contribution < -0.4 is 10.5 Å². The lowest BCUT2D eigenvalue weighted by atomic mass is 10.1. The molecule has 0 spiro atoms. The number of nitrogen functional groups attached to an aromatic ring is 1. The molecule has 3 rings (SSSR count). The van der Waals surface area contributed by atoms with Crippen LogP contribution in [0.3, 0.4) is 0 Å². The third-order valence-electron chi connectivity index (χ3n) is 3.14. The van der Waals surface area contributed by atoms with Crippen molar-refractivity contribution in [3.63, 3.8) is 0 Å². The lowest BCUT2D eigenvalue weighted by Crippen LogP contribution is -1.93. The van der Waals surface area contributed by atoms with Gasteiger partial charge in [-0.15, -0.1) is 0 Å². The Labute approximate surface area is 125 Å². The molecule has 100 valence electrons. The van der Waals surface area contributed by atoms with Gasteiger partial charge in [0.15, 0.2) is 5.75 Å². The van der Waals surface area contributed by atoms with Crippen LogP contribution in [0.4, 0.5) is 5.69 Å². The molecule has 2 N–H and O–H groups in total. The number of halogens is 1. The first-order chi connectivity index (χ1) is 9.65. The van der Waals surface area contributed by atoms with E-state index >= 15 is 0 Å². The van der Waals surface area contributed by atoms with E-state index in [0.717, 1.165) is 26.7 Å². The summed E-state index contributed by atoms with van der Waals surface area (Å²) >= 11 is 3.46. The van der Waals surface area contributed by atoms with E-state index in [1.54, 1.807) is 6.20 Å². The molecular weight excluding hydrogens is 316 g/mol. The molecule has 0 amide bonds. The van der Waals surface area contributed by atoms with Gasteiger partial charge in [0.2, 0.25) is 0 Å². The Morgan fingerprint density at radius 2 is 1.95 bits per heavy atom. The number of hydrogen-bond donors (Lipinski definition) is 1. The molecule has 0 radical (unpaired) electrons. The molecule has 1 heterocycles. The molecule has 3 nitrogen and oxygen atoms in total. The van der Waals surface area contributed by atoms with Crippen LogP contribution in [0.5, 0.6) is 11.5 Å². The summed E-state index contributed by atoms with van der Waals surface area (Å²) in [7, 11) is 0. The highest BCUT2D eigenvalue weighted by molar-refractivity contribution is 9.10. The van der Waals surface area contributed by atoms with E-state index in [2.05, 4.69) is 20.9 Å². The highest BCUT2D eigenvalue weighted by Crippen LogP contribution is 2.33. The lowest BCUT2D eigenvalue weighted by molar-refractivity contribution is 0.483. The summed E-state index contributed by atoms with van der Waals surface area (Å²) < 4.78 is 6.99. The molecule has 0 saturated carbocycles. The highest BCUT2D eigenvalue weighted by atomic mass is 79.9. The number of aryl methyl sites for hydroxylation is 1. The van der Waals surface area contributed by atoms with Crippen molar-refractivity contribution in [3.8, 4) is 11.5 Å². The average Bonchev–Trinajstić information content (AvgIpc) is 2.46. The Morgan fingerprint density at radius 1 is 1.10 bits per heavy atom. The number of anilines is 1. The summed E-state index contributed by atoms with van der Waals surface area (Å²) in [6.45, 7) is 2.01. The summed E-state index contributed by atoms with van der Waals surface area (Å²) in [5, 5.41) is 0.901. The number of rotatable bonds is 2. The number of nitrogens with zero attached hydrogens (tertiary/aromatic N) is 1. The lowest BCUT2D eigenvalue weighted by Gasteiger charge is -2.12. The van der Waals surface area contributed by atoms with Crippen molar-refractivity contribution in [2.45, 2.75) is 6.92 Å². The maximum Gasteiger partial charge on any atom is 0.153 e. The van der Waals surface area contributed by atoms with Gasteiger partial charge in [-0.3, -0.25) is 4.98 Å². The Hall–Kier alpha value is -2.07. The fourth-order valence-corrected chi connectivity index (χ4v) is 2.39. The maximum atomic E-state index is 6.01. The van der Waals surface area contributed by atoms with Crippen molar-refractivity contribution >= 4 is 32.5 Å². The number of hydrogen-bond acceptors (Lipinski definition) is 3. The van der Waals surface area contributed by atoms with Crippen molar-refractivity contribution in [3.05, 3.63) is 58.7 Å². The third kappa shape index (κ3) is 2.34. The largest absolute Gasteiger partial charge is 0.455 e. The molecule has 0 fully saturated rings. The van der Waals surface area contributed by atoms with E-state index in [4.69, 9.17) is 10.5 Å². The first kappa shape index (κ1) is 12.9. The predicted octanol–water partition coefficient (Wildman–Crippen LogP) is 4.68. The van der Waals surface area contributed by atoms with E-state index in [1.807, 2.05) is 49.4 Å². The van der Waals surface area contributed by atoms with Gasteiger partial charge in [-0.05, 0) is 48.9 Å². The molecule has 0 bridgehead atoms. The molecule has 4 heteroatoms. The van der Waals surface area contributed by atoms with Crippen LogP contribution in [0, 0.1) is 6.92 Å². The zero-order valence-corrected chi connectivity index (χ0v) is 12.5. The van der Waals surface area contributed by atoms with Crippen molar-refractivity contribution in [1.82, 2.24) is 4.98 Å². The van der Waals surface area contributed by atoms with Crippen LogP contribution in [0.15, 0.2) is 53.1 Å². The molecule has 2 aromatic carbocycles. The fourth-order valence-electron chi connectivity index (χ4n) is 2.05.